The van der Waals surface area contributed by atoms with E-state index in [-0.39, 0.29) is 0 Å². The maximum Gasteiger partial charge on any atom is 0.225 e. The van der Waals surface area contributed by atoms with E-state index in [9.17, 15) is 0 Å². The molecule has 0 bridgehead atoms. The molecule has 82 valence electrons. The highest BCUT2D eigenvalue weighted by Crippen LogP contribution is 2.21. The molecule has 2 rings (SSSR count). The summed E-state index contributed by atoms with van der Waals surface area (Å²) in [6, 6.07) is 0. The third-order valence-corrected chi connectivity index (χ3v) is 3.83. The molecule has 0 spiro atoms. The molecule has 2 heterocycles. The van der Waals surface area contributed by atoms with Crippen molar-refractivity contribution in [1.29, 1.82) is 0 Å². The Morgan fingerprint density at radius 1 is 1.47 bits per heavy atom. The molecule has 1 aliphatic rings. The molecule has 5 heteroatoms. The van der Waals surface area contributed by atoms with Gasteiger partial charge in [0.2, 0.25) is 5.95 Å². The number of hydrogen-bond acceptors (Lipinski definition) is 3. The van der Waals surface area contributed by atoms with Gasteiger partial charge in [-0.3, -0.25) is 0 Å². The van der Waals surface area contributed by atoms with E-state index in [1.54, 1.807) is 0 Å². The van der Waals surface area contributed by atoms with Crippen LogP contribution in [0.15, 0.2) is 10.7 Å². The topological polar surface area (TPSA) is 29.0 Å². The van der Waals surface area contributed by atoms with Crippen LogP contribution in [0, 0.1) is 6.92 Å². The predicted octanol–water partition coefficient (Wildman–Crippen LogP) is 2.76. The lowest BCUT2D eigenvalue weighted by atomic mass is 10.1. The summed E-state index contributed by atoms with van der Waals surface area (Å²) in [6.07, 6.45) is 3.84. The minimum absolute atomic E-state index is 0.317. The van der Waals surface area contributed by atoms with Crippen LogP contribution in [0.3, 0.4) is 0 Å². The van der Waals surface area contributed by atoms with E-state index in [0.29, 0.717) is 5.38 Å². The van der Waals surface area contributed by atoms with Gasteiger partial charge in [0.15, 0.2) is 0 Å². The zero-order valence-electron chi connectivity index (χ0n) is 8.58. The van der Waals surface area contributed by atoms with Gasteiger partial charge in [-0.15, -0.1) is 11.6 Å². The van der Waals surface area contributed by atoms with Gasteiger partial charge >= 0.3 is 0 Å². The molecule has 15 heavy (non-hydrogen) atoms. The van der Waals surface area contributed by atoms with Gasteiger partial charge in [-0.2, -0.15) is 0 Å². The van der Waals surface area contributed by atoms with Gasteiger partial charge in [-0.05, 0) is 35.7 Å². The fourth-order valence-corrected chi connectivity index (χ4v) is 2.03. The Balaban J connectivity index is 2.12. The van der Waals surface area contributed by atoms with Crippen molar-refractivity contribution in [2.24, 2.45) is 0 Å². The van der Waals surface area contributed by atoms with Crippen molar-refractivity contribution >= 4 is 33.5 Å². The monoisotopic (exact) mass is 289 g/mol. The second-order valence-corrected chi connectivity index (χ2v) is 5.24. The standard InChI is InChI=1S/C10H13BrClN3/c1-7-9(11)6-13-10(14-7)15-4-2-8(12)3-5-15/h6,8H,2-5H2,1H3. The molecule has 1 aromatic heterocycles. The Kier molecular flexibility index (Phi) is 3.46. The smallest absolute Gasteiger partial charge is 0.225 e. The number of alkyl halides is 1. The molecule has 1 fully saturated rings. The number of nitrogens with zero attached hydrogens (tertiary/aromatic N) is 3. The highest BCUT2D eigenvalue weighted by molar-refractivity contribution is 9.10. The molecule has 0 radical (unpaired) electrons. The molecule has 0 aromatic carbocycles. The summed E-state index contributed by atoms with van der Waals surface area (Å²) in [5.74, 6) is 0.819. The predicted molar refractivity (Wildman–Crippen MR) is 65.6 cm³/mol. The quantitative estimate of drug-likeness (QED) is 0.745. The van der Waals surface area contributed by atoms with Crippen molar-refractivity contribution in [2.75, 3.05) is 18.0 Å². The Morgan fingerprint density at radius 2 is 2.13 bits per heavy atom. The maximum absolute atomic E-state index is 6.05. The second-order valence-electron chi connectivity index (χ2n) is 3.77. The fourth-order valence-electron chi connectivity index (χ4n) is 1.64. The van der Waals surface area contributed by atoms with E-state index in [2.05, 4.69) is 30.8 Å². The number of rotatable bonds is 1. The van der Waals surface area contributed by atoms with Crippen LogP contribution >= 0.6 is 27.5 Å². The number of aromatic nitrogens is 2. The van der Waals surface area contributed by atoms with Crippen molar-refractivity contribution in [1.82, 2.24) is 9.97 Å². The zero-order chi connectivity index (χ0) is 10.8. The van der Waals surface area contributed by atoms with E-state index >= 15 is 0 Å². The van der Waals surface area contributed by atoms with Crippen molar-refractivity contribution in [3.8, 4) is 0 Å². The Morgan fingerprint density at radius 3 is 2.73 bits per heavy atom. The van der Waals surface area contributed by atoms with E-state index in [1.807, 2.05) is 13.1 Å². The molecule has 0 amide bonds. The van der Waals surface area contributed by atoms with Crippen LogP contribution in [-0.4, -0.2) is 28.4 Å². The maximum atomic E-state index is 6.05. The van der Waals surface area contributed by atoms with Gasteiger partial charge in [0, 0.05) is 24.7 Å². The molecule has 0 atom stereocenters. The van der Waals surface area contributed by atoms with Gasteiger partial charge in [-0.25, -0.2) is 9.97 Å². The number of halogens is 2. The van der Waals surface area contributed by atoms with Crippen LogP contribution in [0.2, 0.25) is 0 Å². The van der Waals surface area contributed by atoms with E-state index in [4.69, 9.17) is 11.6 Å². The summed E-state index contributed by atoms with van der Waals surface area (Å²) in [6.45, 7) is 3.88. The van der Waals surface area contributed by atoms with E-state index in [0.717, 1.165) is 42.0 Å². The lowest BCUT2D eigenvalue weighted by Crippen LogP contribution is -2.35. The lowest BCUT2D eigenvalue weighted by molar-refractivity contribution is 0.574. The SMILES string of the molecule is Cc1nc(N2CCC(Cl)CC2)ncc1Br. The summed E-state index contributed by atoms with van der Waals surface area (Å²) in [4.78, 5) is 11.0. The van der Waals surface area contributed by atoms with Crippen molar-refractivity contribution in [3.05, 3.63) is 16.4 Å². The molecule has 0 aliphatic carbocycles. The highest BCUT2D eigenvalue weighted by Gasteiger charge is 2.19. The minimum atomic E-state index is 0.317. The molecule has 0 N–H and O–H groups in total. The van der Waals surface area contributed by atoms with Crippen LogP contribution in [-0.2, 0) is 0 Å². The normalized spacial score (nSPS) is 18.2. The van der Waals surface area contributed by atoms with Gasteiger partial charge in [0.1, 0.15) is 0 Å². The van der Waals surface area contributed by atoms with Crippen molar-refractivity contribution in [3.63, 3.8) is 0 Å². The van der Waals surface area contributed by atoms with Gasteiger partial charge < -0.3 is 4.90 Å². The highest BCUT2D eigenvalue weighted by atomic mass is 79.9. The molecule has 1 saturated heterocycles. The van der Waals surface area contributed by atoms with Crippen molar-refractivity contribution < 1.29 is 0 Å². The largest absolute Gasteiger partial charge is 0.341 e. The first-order valence-corrected chi connectivity index (χ1v) is 6.28. The summed E-state index contributed by atoms with van der Waals surface area (Å²) in [5, 5.41) is 0.317. The van der Waals surface area contributed by atoms with E-state index in [1.165, 1.54) is 0 Å². The van der Waals surface area contributed by atoms with Crippen LogP contribution in [0.25, 0.3) is 0 Å². The Bertz CT molecular complexity index is 351. The molecule has 1 aromatic rings. The summed E-state index contributed by atoms with van der Waals surface area (Å²) in [5.41, 5.74) is 0.980. The fraction of sp³-hybridized carbons (Fsp3) is 0.600. The third kappa shape index (κ3) is 2.61. The first-order valence-electron chi connectivity index (χ1n) is 5.05. The van der Waals surface area contributed by atoms with Crippen molar-refractivity contribution in [2.45, 2.75) is 25.1 Å². The van der Waals surface area contributed by atoms with Crippen LogP contribution in [0.4, 0.5) is 5.95 Å². The lowest BCUT2D eigenvalue weighted by Gasteiger charge is -2.29. The van der Waals surface area contributed by atoms with E-state index < -0.39 is 0 Å². The summed E-state index contributed by atoms with van der Waals surface area (Å²) in [7, 11) is 0. The minimum Gasteiger partial charge on any atom is -0.341 e. The zero-order valence-corrected chi connectivity index (χ0v) is 10.9. The Labute approximate surface area is 103 Å². The molecule has 0 saturated carbocycles. The second kappa shape index (κ2) is 4.66. The molecular weight excluding hydrogens is 277 g/mol. The molecular formula is C10H13BrClN3. The van der Waals surface area contributed by atoms with Gasteiger partial charge in [-0.1, -0.05) is 0 Å². The van der Waals surface area contributed by atoms with Crippen LogP contribution in [0.1, 0.15) is 18.5 Å². The van der Waals surface area contributed by atoms with Crippen LogP contribution < -0.4 is 4.90 Å². The average molecular weight is 291 g/mol. The first kappa shape index (κ1) is 11.1. The number of hydrogen-bond donors (Lipinski definition) is 0. The molecule has 0 unspecified atom stereocenters. The molecule has 1 aliphatic heterocycles. The van der Waals surface area contributed by atoms with Gasteiger partial charge in [0.05, 0.1) is 10.2 Å². The number of aryl methyl sites for hydroxylation is 1. The average Bonchev–Trinajstić information content (AvgIpc) is 2.23. The molecule has 3 nitrogen and oxygen atoms in total. The number of anilines is 1. The van der Waals surface area contributed by atoms with Crippen LogP contribution in [0.5, 0.6) is 0 Å². The number of piperidine rings is 1. The van der Waals surface area contributed by atoms with Gasteiger partial charge in [0.25, 0.3) is 0 Å². The Hall–Kier alpha value is -0.350. The summed E-state index contributed by atoms with van der Waals surface area (Å²) >= 11 is 9.45. The summed E-state index contributed by atoms with van der Waals surface area (Å²) < 4.78 is 0.957. The first-order chi connectivity index (χ1) is 7.16. The third-order valence-electron chi connectivity index (χ3n) is 2.61.